The van der Waals surface area contributed by atoms with Gasteiger partial charge in [-0.3, -0.25) is 9.05 Å². The van der Waals surface area contributed by atoms with Gasteiger partial charge in [0.15, 0.2) is 5.82 Å². The summed E-state index contributed by atoms with van der Waals surface area (Å²) >= 11 is 0. The number of aliphatic hydroxyl groups is 2. The Morgan fingerprint density at radius 3 is 2.12 bits per heavy atom. The van der Waals surface area contributed by atoms with Crippen LogP contribution in [0.3, 0.4) is 0 Å². The van der Waals surface area contributed by atoms with Crippen LogP contribution >= 0.6 is 7.82 Å². The van der Waals surface area contributed by atoms with Crippen molar-refractivity contribution in [1.82, 2.24) is 14.6 Å². The summed E-state index contributed by atoms with van der Waals surface area (Å²) in [6, 6.07) is 12.2. The fraction of sp³-hybridized carbons (Fsp3) is 0.690. The zero-order valence-corrected chi connectivity index (χ0v) is 34.7. The smallest absolute Gasteiger partial charge is 0.472 e. The topological polar surface area (TPSA) is 195 Å². The Kier molecular flexibility index (Phi) is 19.0. The van der Waals surface area contributed by atoms with Crippen molar-refractivity contribution >= 4 is 19.2 Å². The lowest BCUT2D eigenvalue weighted by atomic mass is 9.91. The van der Waals surface area contributed by atoms with E-state index >= 15 is 0 Å². The molecule has 312 valence electrons. The first-order valence-electron chi connectivity index (χ1n) is 20.9. The molecule has 0 radical (unpaired) electrons. The number of nitrogens with zero attached hydrogens (tertiary/aromatic N) is 4. The highest BCUT2D eigenvalue weighted by atomic mass is 31.2. The van der Waals surface area contributed by atoms with Gasteiger partial charge in [-0.25, -0.2) is 14.1 Å². The molecule has 13 nitrogen and oxygen atoms in total. The summed E-state index contributed by atoms with van der Waals surface area (Å²) < 4.78 is 38.1. The molecule has 7 atom stereocenters. The average Bonchev–Trinajstić information content (AvgIpc) is 3.72. The number of hydrogen-bond acceptors (Lipinski definition) is 11. The van der Waals surface area contributed by atoms with Crippen molar-refractivity contribution in [3.63, 3.8) is 0 Å². The van der Waals surface area contributed by atoms with Crippen LogP contribution in [-0.2, 0) is 18.3 Å². The van der Waals surface area contributed by atoms with Gasteiger partial charge >= 0.3 is 7.82 Å². The number of phosphoric acid groups is 1. The molecule has 0 bridgehead atoms. The van der Waals surface area contributed by atoms with Crippen LogP contribution in [0.15, 0.2) is 42.7 Å². The van der Waals surface area contributed by atoms with Gasteiger partial charge in [-0.2, -0.15) is 10.4 Å². The predicted octanol–water partition coefficient (Wildman–Crippen LogP) is 9.14. The molecule has 1 fully saturated rings. The number of unbranched alkanes of at least 4 members (excludes halogenated alkanes) is 17. The van der Waals surface area contributed by atoms with Crippen molar-refractivity contribution in [3.8, 4) is 11.8 Å². The van der Waals surface area contributed by atoms with E-state index in [9.17, 15) is 24.9 Å². The van der Waals surface area contributed by atoms with Crippen LogP contribution in [0.1, 0.15) is 160 Å². The van der Waals surface area contributed by atoms with Crippen molar-refractivity contribution in [2.24, 2.45) is 0 Å². The third-order valence-electron chi connectivity index (χ3n) is 11.1. The zero-order valence-electron chi connectivity index (χ0n) is 33.8. The first-order valence-corrected chi connectivity index (χ1v) is 22.4. The number of benzene rings is 1. The summed E-state index contributed by atoms with van der Waals surface area (Å²) in [7, 11) is -4.72. The van der Waals surface area contributed by atoms with Gasteiger partial charge < -0.3 is 30.3 Å². The van der Waals surface area contributed by atoms with E-state index in [-0.39, 0.29) is 12.4 Å². The van der Waals surface area contributed by atoms with Crippen molar-refractivity contribution in [2.45, 2.75) is 179 Å². The number of aromatic nitrogens is 3. The van der Waals surface area contributed by atoms with E-state index in [1.54, 1.807) is 36.4 Å². The molecular weight excluding hydrogens is 733 g/mol. The van der Waals surface area contributed by atoms with E-state index in [0.717, 1.165) is 19.3 Å². The van der Waals surface area contributed by atoms with Crippen molar-refractivity contribution in [1.29, 1.82) is 5.26 Å². The number of ether oxygens (including phenoxy) is 2. The maximum Gasteiger partial charge on any atom is 0.472 e. The second kappa shape index (κ2) is 23.4. The minimum atomic E-state index is -4.72. The second-order valence-electron chi connectivity index (χ2n) is 15.5. The lowest BCUT2D eigenvalue weighted by molar-refractivity contribution is -0.133. The Bertz CT molecular complexity index is 1690. The number of hydrogen-bond donors (Lipinski definition) is 4. The first kappa shape index (κ1) is 45.6. The normalized spacial score (nSPS) is 21.8. The molecule has 0 amide bonds. The summed E-state index contributed by atoms with van der Waals surface area (Å²) in [5, 5.41) is 35.7. The van der Waals surface area contributed by atoms with E-state index in [4.69, 9.17) is 24.3 Å². The molecule has 0 spiro atoms. The van der Waals surface area contributed by atoms with Crippen LogP contribution < -0.4 is 10.5 Å². The van der Waals surface area contributed by atoms with Gasteiger partial charge in [0, 0.05) is 0 Å². The van der Waals surface area contributed by atoms with Gasteiger partial charge in [-0.1, -0.05) is 122 Å². The van der Waals surface area contributed by atoms with E-state index < -0.39 is 43.9 Å². The highest BCUT2D eigenvalue weighted by Gasteiger charge is 2.57. The number of aliphatic hydroxyl groups excluding tert-OH is 2. The van der Waals surface area contributed by atoms with Crippen molar-refractivity contribution in [2.75, 3.05) is 12.3 Å². The van der Waals surface area contributed by atoms with E-state index in [1.165, 1.54) is 121 Å². The third kappa shape index (κ3) is 13.8. The van der Waals surface area contributed by atoms with Gasteiger partial charge in [-0.05, 0) is 57.0 Å². The maximum atomic E-state index is 13.3. The molecule has 4 rings (SSSR count). The number of fused-ring (bicyclic) bond motifs is 1. The standard InChI is InChI=1S/C42H66N5O8P/c1-4-5-6-7-8-9-10-11-12-13-14-15-16-17-18-19-20-21-24-35(53-34-25-22-23-33(28-34)29-43)30-52-56(50,51)55-32(2)42(3)40(49)38(48)39(54-42)36-26-27-37-41(44)45-31-46-47(36)37/h22-23,25-28,31-32,35,38-40,48-49H,4-21,24,30H2,1-3H3,(H,50,51)(H2,44,45,46)/t32-,35+,38-,39-,40-,42+/m0/s1. The fourth-order valence-electron chi connectivity index (χ4n) is 7.47. The molecule has 56 heavy (non-hydrogen) atoms. The lowest BCUT2D eigenvalue weighted by Crippen LogP contribution is -2.49. The lowest BCUT2D eigenvalue weighted by Gasteiger charge is -2.34. The summed E-state index contributed by atoms with van der Waals surface area (Å²) in [5.41, 5.74) is 5.71. The number of nitrogens with two attached hydrogens (primary N) is 1. The number of nitrogen functional groups attached to an aromatic ring is 1. The molecule has 1 saturated heterocycles. The molecule has 0 saturated carbocycles. The molecule has 1 aliphatic heterocycles. The molecule has 1 aromatic carbocycles. The van der Waals surface area contributed by atoms with Crippen LogP contribution in [0.4, 0.5) is 5.82 Å². The molecule has 2 aromatic heterocycles. The minimum absolute atomic E-state index is 0.234. The average molecular weight is 800 g/mol. The SMILES string of the molecule is CCCCCCCCCCCCCCCCCCCC[C@H](COP(=O)(O)O[C@@H](C)[C@@]1(C)O[C@@H](c2ccc3c(N)ncnn23)[C@H](O)[C@@H]1O)Oc1cccc(C#N)c1. The van der Waals surface area contributed by atoms with E-state index in [0.29, 0.717) is 28.9 Å². The van der Waals surface area contributed by atoms with Crippen molar-refractivity contribution in [3.05, 3.63) is 54.0 Å². The van der Waals surface area contributed by atoms with Gasteiger partial charge in [0.1, 0.15) is 47.6 Å². The second-order valence-corrected chi connectivity index (χ2v) is 17.0. The van der Waals surface area contributed by atoms with Crippen LogP contribution in [0.2, 0.25) is 0 Å². The Hall–Kier alpha value is -3.08. The molecule has 3 heterocycles. The summed E-state index contributed by atoms with van der Waals surface area (Å²) in [6.07, 6.45) is 19.1. The van der Waals surface area contributed by atoms with Crippen LogP contribution in [0.25, 0.3) is 5.52 Å². The number of nitriles is 1. The summed E-state index contributed by atoms with van der Waals surface area (Å²) in [4.78, 5) is 14.8. The Balaban J connectivity index is 1.20. The molecule has 3 aromatic rings. The third-order valence-corrected chi connectivity index (χ3v) is 12.1. The summed E-state index contributed by atoms with van der Waals surface area (Å²) in [6.45, 7) is 4.98. The first-order chi connectivity index (χ1) is 27.0. The highest BCUT2D eigenvalue weighted by Crippen LogP contribution is 2.50. The van der Waals surface area contributed by atoms with Gasteiger partial charge in [0.2, 0.25) is 0 Å². The monoisotopic (exact) mass is 799 g/mol. The Labute approximate surface area is 333 Å². The molecule has 1 aliphatic rings. The summed E-state index contributed by atoms with van der Waals surface area (Å²) in [5.74, 6) is 0.694. The van der Waals surface area contributed by atoms with Crippen molar-refractivity contribution < 1.29 is 38.2 Å². The van der Waals surface area contributed by atoms with E-state index in [2.05, 4.69) is 23.1 Å². The minimum Gasteiger partial charge on any atom is -0.488 e. The number of phosphoric ester groups is 1. The number of anilines is 1. The maximum absolute atomic E-state index is 13.3. The fourth-order valence-corrected chi connectivity index (χ4v) is 8.50. The predicted molar refractivity (Wildman–Crippen MR) is 217 cm³/mol. The number of rotatable bonds is 28. The molecule has 5 N–H and O–H groups in total. The molecular formula is C42H66N5O8P. The quantitative estimate of drug-likeness (QED) is 0.0402. The Morgan fingerprint density at radius 1 is 0.946 bits per heavy atom. The van der Waals surface area contributed by atoms with Gasteiger partial charge in [0.25, 0.3) is 0 Å². The van der Waals surface area contributed by atoms with Crippen LogP contribution in [0.5, 0.6) is 5.75 Å². The largest absolute Gasteiger partial charge is 0.488 e. The van der Waals surface area contributed by atoms with Crippen LogP contribution in [0, 0.1) is 11.3 Å². The Morgan fingerprint density at radius 2 is 1.54 bits per heavy atom. The van der Waals surface area contributed by atoms with Gasteiger partial charge in [0.05, 0.1) is 30.0 Å². The van der Waals surface area contributed by atoms with Crippen LogP contribution in [-0.4, -0.2) is 66.3 Å². The molecule has 14 heteroatoms. The molecule has 0 aliphatic carbocycles. The molecule has 1 unspecified atom stereocenters. The highest BCUT2D eigenvalue weighted by molar-refractivity contribution is 7.47. The van der Waals surface area contributed by atoms with E-state index in [1.807, 2.05) is 0 Å². The zero-order chi connectivity index (χ0) is 40.4. The van der Waals surface area contributed by atoms with Gasteiger partial charge in [-0.15, -0.1) is 0 Å².